The molecule has 0 bridgehead atoms. The number of carbonyl (C=O) groups is 1. The van der Waals surface area contributed by atoms with Crippen LogP contribution in [0, 0.1) is 0 Å². The Morgan fingerprint density at radius 3 is 2.38 bits per heavy atom. The number of esters is 1. The van der Waals surface area contributed by atoms with Gasteiger partial charge < -0.3 is 9.15 Å². The Balaban J connectivity index is 1.42. The molecule has 2 heterocycles. The molecule has 0 atom stereocenters. The molecule has 3 aromatic rings. The Labute approximate surface area is 169 Å². The lowest BCUT2D eigenvalue weighted by Crippen LogP contribution is -2.31. The van der Waals surface area contributed by atoms with E-state index in [-0.39, 0.29) is 17.1 Å². The zero-order valence-corrected chi connectivity index (χ0v) is 16.7. The lowest BCUT2D eigenvalue weighted by atomic mass is 10.2. The number of oxazole rings is 1. The van der Waals surface area contributed by atoms with Crippen LogP contribution in [0.2, 0.25) is 0 Å². The first-order chi connectivity index (χ1) is 14.0. The summed E-state index contributed by atoms with van der Waals surface area (Å²) >= 11 is 0. The first-order valence-corrected chi connectivity index (χ1v) is 11.1. The fourth-order valence-electron chi connectivity index (χ4n) is 3.39. The lowest BCUT2D eigenvalue weighted by Gasteiger charge is -2.19. The minimum Gasteiger partial charge on any atom is -0.452 e. The molecule has 0 spiro atoms. The molecule has 29 heavy (non-hydrogen) atoms. The summed E-state index contributed by atoms with van der Waals surface area (Å²) in [6.07, 6.45) is 3.85. The van der Waals surface area contributed by atoms with E-state index in [1.165, 1.54) is 28.6 Å². The Bertz CT molecular complexity index is 1060. The maximum Gasteiger partial charge on any atom is 0.338 e. The number of para-hydroxylation sites is 2. The second-order valence-corrected chi connectivity index (χ2v) is 8.93. The van der Waals surface area contributed by atoms with Gasteiger partial charge in [-0.2, -0.15) is 4.31 Å². The highest BCUT2D eigenvalue weighted by atomic mass is 32.2. The van der Waals surface area contributed by atoms with Gasteiger partial charge in [-0.15, -0.1) is 0 Å². The molecule has 2 aromatic carbocycles. The number of sulfonamides is 1. The fraction of sp³-hybridized carbons (Fsp3) is 0.333. The van der Waals surface area contributed by atoms with Crippen molar-refractivity contribution in [3.63, 3.8) is 0 Å². The smallest absolute Gasteiger partial charge is 0.338 e. The molecule has 1 aliphatic heterocycles. The van der Waals surface area contributed by atoms with Crippen molar-refractivity contribution in [3.8, 4) is 0 Å². The van der Waals surface area contributed by atoms with Crippen LogP contribution in [0.3, 0.4) is 0 Å². The average molecular weight is 414 g/mol. The van der Waals surface area contributed by atoms with Gasteiger partial charge in [-0.05, 0) is 49.2 Å². The van der Waals surface area contributed by atoms with Crippen LogP contribution in [-0.4, -0.2) is 36.8 Å². The van der Waals surface area contributed by atoms with Crippen LogP contribution in [0.15, 0.2) is 57.8 Å². The summed E-state index contributed by atoms with van der Waals surface area (Å²) < 4.78 is 37.9. The van der Waals surface area contributed by atoms with Crippen molar-refractivity contribution < 1.29 is 22.4 Å². The zero-order chi connectivity index (χ0) is 20.3. The molecular weight excluding hydrogens is 392 g/mol. The van der Waals surface area contributed by atoms with E-state index in [4.69, 9.17) is 9.15 Å². The highest BCUT2D eigenvalue weighted by Crippen LogP contribution is 2.21. The quantitative estimate of drug-likeness (QED) is 0.591. The molecule has 1 aromatic heterocycles. The maximum atomic E-state index is 12.8. The number of aromatic nitrogens is 1. The molecule has 7 nitrogen and oxygen atoms in total. The molecule has 1 aliphatic rings. The first kappa shape index (κ1) is 19.6. The van der Waals surface area contributed by atoms with Gasteiger partial charge in [0.25, 0.3) is 0 Å². The van der Waals surface area contributed by atoms with E-state index in [9.17, 15) is 13.2 Å². The van der Waals surface area contributed by atoms with Crippen molar-refractivity contribution in [3.05, 3.63) is 60.0 Å². The van der Waals surface area contributed by atoms with Gasteiger partial charge in [0.15, 0.2) is 12.2 Å². The molecule has 0 saturated carbocycles. The zero-order valence-electron chi connectivity index (χ0n) is 15.9. The molecule has 1 saturated heterocycles. The Morgan fingerprint density at radius 2 is 1.69 bits per heavy atom. The van der Waals surface area contributed by atoms with Crippen molar-refractivity contribution in [2.45, 2.75) is 37.2 Å². The van der Waals surface area contributed by atoms with E-state index in [1.807, 2.05) is 18.2 Å². The maximum absolute atomic E-state index is 12.8. The predicted octanol–water partition coefficient (Wildman–Crippen LogP) is 3.75. The summed E-state index contributed by atoms with van der Waals surface area (Å²) in [6, 6.07) is 13.1. The number of nitrogens with zero attached hydrogens (tertiary/aromatic N) is 2. The van der Waals surface area contributed by atoms with E-state index in [0.29, 0.717) is 30.1 Å². The number of ether oxygens (including phenoxy) is 1. The standard InChI is InChI=1S/C21H22N2O5S/c24-21(27-15-20-22-18-7-3-4-8-19(18)28-20)16-9-11-17(12-10-16)29(25,26)23-13-5-1-2-6-14-23/h3-4,7-12H,1-2,5-6,13-15H2. The van der Waals surface area contributed by atoms with Crippen LogP contribution < -0.4 is 0 Å². The molecule has 152 valence electrons. The van der Waals surface area contributed by atoms with E-state index < -0.39 is 16.0 Å². The monoisotopic (exact) mass is 414 g/mol. The largest absolute Gasteiger partial charge is 0.452 e. The van der Waals surface area contributed by atoms with Gasteiger partial charge in [-0.3, -0.25) is 0 Å². The van der Waals surface area contributed by atoms with E-state index in [1.54, 1.807) is 6.07 Å². The first-order valence-electron chi connectivity index (χ1n) is 9.66. The number of benzene rings is 2. The third kappa shape index (κ3) is 4.33. The van der Waals surface area contributed by atoms with Crippen LogP contribution in [0.5, 0.6) is 0 Å². The highest BCUT2D eigenvalue weighted by molar-refractivity contribution is 7.89. The molecule has 1 fully saturated rings. The third-order valence-corrected chi connectivity index (χ3v) is 6.87. The minimum atomic E-state index is -3.54. The van der Waals surface area contributed by atoms with E-state index in [2.05, 4.69) is 4.98 Å². The topological polar surface area (TPSA) is 89.7 Å². The second-order valence-electron chi connectivity index (χ2n) is 6.99. The molecule has 0 radical (unpaired) electrons. The van der Waals surface area contributed by atoms with Crippen LogP contribution >= 0.6 is 0 Å². The number of rotatable bonds is 5. The van der Waals surface area contributed by atoms with Gasteiger partial charge in [0.2, 0.25) is 15.9 Å². The summed E-state index contributed by atoms with van der Waals surface area (Å²) in [5, 5.41) is 0. The Hall–Kier alpha value is -2.71. The molecule has 0 amide bonds. The van der Waals surface area contributed by atoms with Gasteiger partial charge in [-0.25, -0.2) is 18.2 Å². The molecule has 8 heteroatoms. The van der Waals surface area contributed by atoms with E-state index in [0.717, 1.165) is 25.7 Å². The van der Waals surface area contributed by atoms with Crippen molar-refractivity contribution in [1.29, 1.82) is 0 Å². The molecule has 0 aliphatic carbocycles. The van der Waals surface area contributed by atoms with Gasteiger partial charge in [0.1, 0.15) is 5.52 Å². The average Bonchev–Trinajstić information content (AvgIpc) is 2.94. The van der Waals surface area contributed by atoms with Crippen LogP contribution in [0.25, 0.3) is 11.1 Å². The predicted molar refractivity (Wildman–Crippen MR) is 107 cm³/mol. The molecule has 0 N–H and O–H groups in total. The van der Waals surface area contributed by atoms with Crippen molar-refractivity contribution in [1.82, 2.24) is 9.29 Å². The van der Waals surface area contributed by atoms with Crippen molar-refractivity contribution in [2.75, 3.05) is 13.1 Å². The highest BCUT2D eigenvalue weighted by Gasteiger charge is 2.25. The lowest BCUT2D eigenvalue weighted by molar-refractivity contribution is 0.0440. The van der Waals surface area contributed by atoms with Crippen LogP contribution in [0.1, 0.15) is 41.9 Å². The van der Waals surface area contributed by atoms with Crippen LogP contribution in [-0.2, 0) is 21.4 Å². The van der Waals surface area contributed by atoms with Gasteiger partial charge in [0.05, 0.1) is 10.5 Å². The summed E-state index contributed by atoms with van der Waals surface area (Å²) in [4.78, 5) is 16.7. The van der Waals surface area contributed by atoms with E-state index >= 15 is 0 Å². The van der Waals surface area contributed by atoms with Gasteiger partial charge in [0, 0.05) is 13.1 Å². The summed E-state index contributed by atoms with van der Waals surface area (Å²) in [6.45, 7) is 0.981. The fourth-order valence-corrected chi connectivity index (χ4v) is 4.90. The number of carbonyl (C=O) groups excluding carboxylic acids is 1. The number of hydrogen-bond donors (Lipinski definition) is 0. The van der Waals surface area contributed by atoms with Gasteiger partial charge in [-0.1, -0.05) is 25.0 Å². The summed E-state index contributed by atoms with van der Waals surface area (Å²) in [5.74, 6) is -0.258. The van der Waals surface area contributed by atoms with Gasteiger partial charge >= 0.3 is 5.97 Å². The molecule has 0 unspecified atom stereocenters. The van der Waals surface area contributed by atoms with Crippen LogP contribution in [0.4, 0.5) is 0 Å². The Morgan fingerprint density at radius 1 is 1.00 bits per heavy atom. The second kappa shape index (κ2) is 8.34. The van der Waals surface area contributed by atoms with Crippen molar-refractivity contribution in [2.24, 2.45) is 0 Å². The minimum absolute atomic E-state index is 0.0959. The number of fused-ring (bicyclic) bond motifs is 1. The summed E-state index contributed by atoms with van der Waals surface area (Å²) in [5.41, 5.74) is 1.60. The SMILES string of the molecule is O=C(OCc1nc2ccccc2o1)c1ccc(S(=O)(=O)N2CCCCCC2)cc1. The normalized spacial score (nSPS) is 15.9. The summed E-state index contributed by atoms with van der Waals surface area (Å²) in [7, 11) is -3.54. The Kier molecular flexibility index (Phi) is 5.64. The molecule has 4 rings (SSSR count). The van der Waals surface area contributed by atoms with Crippen molar-refractivity contribution >= 4 is 27.1 Å². The number of hydrogen-bond acceptors (Lipinski definition) is 6. The molecular formula is C21H22N2O5S. The third-order valence-electron chi connectivity index (χ3n) is 4.96.